The summed E-state index contributed by atoms with van der Waals surface area (Å²) in [6.45, 7) is 0. The number of halogens is 1. The molecule has 8 heteroatoms. The quantitative estimate of drug-likeness (QED) is 0.513. The first kappa shape index (κ1) is 13.8. The van der Waals surface area contributed by atoms with Gasteiger partial charge in [0.2, 0.25) is 0 Å². The van der Waals surface area contributed by atoms with Gasteiger partial charge in [0.15, 0.2) is 5.15 Å². The van der Waals surface area contributed by atoms with Gasteiger partial charge < -0.3 is 5.73 Å². The molecule has 0 radical (unpaired) electrons. The molecule has 2 aromatic heterocycles. The van der Waals surface area contributed by atoms with Gasteiger partial charge in [0.25, 0.3) is 5.69 Å². The number of hydrogen-bond donors (Lipinski definition) is 2. The minimum Gasteiger partial charge on any atom is -0.395 e. The first-order chi connectivity index (χ1) is 10.1. The van der Waals surface area contributed by atoms with Gasteiger partial charge in [-0.05, 0) is 18.9 Å². The van der Waals surface area contributed by atoms with Crippen LogP contribution in [0.15, 0.2) is 12.3 Å². The van der Waals surface area contributed by atoms with Gasteiger partial charge in [-0.3, -0.25) is 15.2 Å². The Bertz CT molecular complexity index is 694. The Morgan fingerprint density at radius 2 is 2.14 bits per heavy atom. The molecule has 0 atom stereocenters. The van der Waals surface area contributed by atoms with Gasteiger partial charge in [-0.1, -0.05) is 24.4 Å². The van der Waals surface area contributed by atoms with E-state index in [0.717, 1.165) is 24.7 Å². The summed E-state index contributed by atoms with van der Waals surface area (Å²) in [6, 6.07) is 1.82. The van der Waals surface area contributed by atoms with Crippen molar-refractivity contribution in [2.45, 2.75) is 31.6 Å². The normalized spacial score (nSPS) is 15.5. The van der Waals surface area contributed by atoms with E-state index >= 15 is 0 Å². The number of rotatable bonds is 3. The van der Waals surface area contributed by atoms with Crippen LogP contribution >= 0.6 is 11.6 Å². The second-order valence-electron chi connectivity index (χ2n) is 5.17. The van der Waals surface area contributed by atoms with Gasteiger partial charge in [0.05, 0.1) is 10.6 Å². The molecule has 3 N–H and O–H groups in total. The van der Waals surface area contributed by atoms with Crippen LogP contribution < -0.4 is 5.73 Å². The molecule has 1 saturated carbocycles. The number of nitrogens with one attached hydrogen (secondary N) is 1. The summed E-state index contributed by atoms with van der Waals surface area (Å²) in [7, 11) is 0. The van der Waals surface area contributed by atoms with E-state index in [-0.39, 0.29) is 22.1 Å². The molecule has 1 aliphatic rings. The molecule has 7 nitrogen and oxygen atoms in total. The van der Waals surface area contributed by atoms with Crippen molar-refractivity contribution in [3.8, 4) is 11.3 Å². The summed E-state index contributed by atoms with van der Waals surface area (Å²) in [4.78, 5) is 14.4. The van der Waals surface area contributed by atoms with E-state index in [4.69, 9.17) is 17.3 Å². The number of aromatic nitrogens is 3. The average Bonchev–Trinajstić information content (AvgIpc) is 3.10. The zero-order valence-electron chi connectivity index (χ0n) is 11.2. The van der Waals surface area contributed by atoms with Crippen molar-refractivity contribution in [1.29, 1.82) is 0 Å². The van der Waals surface area contributed by atoms with E-state index in [9.17, 15) is 10.1 Å². The lowest BCUT2D eigenvalue weighted by Gasteiger charge is -2.05. The molecule has 2 aromatic rings. The van der Waals surface area contributed by atoms with Gasteiger partial charge in [-0.15, -0.1) is 0 Å². The number of nitrogens with zero attached hydrogens (tertiary/aromatic N) is 3. The van der Waals surface area contributed by atoms with Crippen molar-refractivity contribution < 1.29 is 4.92 Å². The van der Waals surface area contributed by atoms with Gasteiger partial charge in [0, 0.05) is 11.6 Å². The third kappa shape index (κ3) is 2.44. The third-order valence-electron chi connectivity index (χ3n) is 3.89. The second kappa shape index (κ2) is 5.33. The van der Waals surface area contributed by atoms with E-state index in [0.29, 0.717) is 11.6 Å². The fourth-order valence-electron chi connectivity index (χ4n) is 2.81. The molecule has 0 aliphatic heterocycles. The van der Waals surface area contributed by atoms with E-state index in [1.54, 1.807) is 0 Å². The Hall–Kier alpha value is -2.15. The molecule has 0 bridgehead atoms. The highest BCUT2D eigenvalue weighted by atomic mass is 35.5. The molecule has 0 amide bonds. The molecular weight excluding hydrogens is 294 g/mol. The van der Waals surface area contributed by atoms with Crippen LogP contribution in [0, 0.1) is 10.1 Å². The van der Waals surface area contributed by atoms with Crippen molar-refractivity contribution in [2.24, 2.45) is 0 Å². The Labute approximate surface area is 125 Å². The van der Waals surface area contributed by atoms with Gasteiger partial charge in [-0.25, -0.2) is 4.98 Å². The molecule has 0 saturated heterocycles. The summed E-state index contributed by atoms with van der Waals surface area (Å²) in [5.74, 6) is 0.434. The molecule has 0 spiro atoms. The number of anilines is 1. The Morgan fingerprint density at radius 1 is 1.43 bits per heavy atom. The SMILES string of the molecule is Nc1c(Cl)ncc([N+](=O)[O-])c1-c1cc(C2CCCC2)[nH]n1. The monoisotopic (exact) mass is 307 g/mol. The molecule has 0 unspecified atom stereocenters. The molecule has 21 heavy (non-hydrogen) atoms. The Kier molecular flexibility index (Phi) is 3.50. The Balaban J connectivity index is 2.07. The lowest BCUT2D eigenvalue weighted by molar-refractivity contribution is -0.384. The molecule has 3 rings (SSSR count). The van der Waals surface area contributed by atoms with E-state index in [2.05, 4.69) is 15.2 Å². The van der Waals surface area contributed by atoms with Crippen LogP contribution in [0.25, 0.3) is 11.3 Å². The van der Waals surface area contributed by atoms with Crippen LogP contribution in [-0.2, 0) is 0 Å². The van der Waals surface area contributed by atoms with Crippen molar-refractivity contribution in [3.05, 3.63) is 33.2 Å². The molecule has 1 fully saturated rings. The molecule has 0 aromatic carbocycles. The second-order valence-corrected chi connectivity index (χ2v) is 5.53. The highest BCUT2D eigenvalue weighted by Crippen LogP contribution is 2.39. The summed E-state index contributed by atoms with van der Waals surface area (Å²) < 4.78 is 0. The first-order valence-electron chi connectivity index (χ1n) is 6.72. The summed E-state index contributed by atoms with van der Waals surface area (Å²) in [5, 5.41) is 18.3. The summed E-state index contributed by atoms with van der Waals surface area (Å²) in [6.07, 6.45) is 5.72. The van der Waals surface area contributed by atoms with Crippen LogP contribution in [-0.4, -0.2) is 20.1 Å². The largest absolute Gasteiger partial charge is 0.395 e. The van der Waals surface area contributed by atoms with Crippen LogP contribution in [0.5, 0.6) is 0 Å². The van der Waals surface area contributed by atoms with Crippen LogP contribution in [0.3, 0.4) is 0 Å². The zero-order valence-corrected chi connectivity index (χ0v) is 11.9. The van der Waals surface area contributed by atoms with Crippen molar-refractivity contribution >= 4 is 23.0 Å². The number of nitro groups is 1. The number of pyridine rings is 1. The number of H-pyrrole nitrogens is 1. The van der Waals surface area contributed by atoms with Gasteiger partial charge in [0.1, 0.15) is 17.5 Å². The van der Waals surface area contributed by atoms with Crippen LogP contribution in [0.4, 0.5) is 11.4 Å². The maximum Gasteiger partial charge on any atom is 0.299 e. The number of nitrogen functional groups attached to an aromatic ring is 1. The highest BCUT2D eigenvalue weighted by molar-refractivity contribution is 6.32. The number of nitrogens with two attached hydrogens (primary N) is 1. The number of hydrogen-bond acceptors (Lipinski definition) is 5. The van der Waals surface area contributed by atoms with Gasteiger partial charge in [-0.2, -0.15) is 5.10 Å². The van der Waals surface area contributed by atoms with Crippen LogP contribution in [0.1, 0.15) is 37.3 Å². The Morgan fingerprint density at radius 3 is 2.81 bits per heavy atom. The lowest BCUT2D eigenvalue weighted by Crippen LogP contribution is -2.00. The highest BCUT2D eigenvalue weighted by Gasteiger charge is 2.25. The topological polar surface area (TPSA) is 111 Å². The first-order valence-corrected chi connectivity index (χ1v) is 7.09. The minimum atomic E-state index is -0.529. The summed E-state index contributed by atoms with van der Waals surface area (Å²) >= 11 is 5.88. The maximum atomic E-state index is 11.2. The van der Waals surface area contributed by atoms with Crippen LogP contribution in [0.2, 0.25) is 5.15 Å². The smallest absolute Gasteiger partial charge is 0.299 e. The fraction of sp³-hybridized carbons (Fsp3) is 0.385. The zero-order chi connectivity index (χ0) is 15.0. The van der Waals surface area contributed by atoms with E-state index in [1.165, 1.54) is 12.8 Å². The maximum absolute atomic E-state index is 11.2. The van der Waals surface area contributed by atoms with Crippen molar-refractivity contribution in [1.82, 2.24) is 15.2 Å². The molecular formula is C13H14ClN5O2. The predicted molar refractivity (Wildman–Crippen MR) is 79.1 cm³/mol. The van der Waals surface area contributed by atoms with Gasteiger partial charge >= 0.3 is 0 Å². The van der Waals surface area contributed by atoms with E-state index < -0.39 is 4.92 Å². The average molecular weight is 308 g/mol. The minimum absolute atomic E-state index is 0.0426. The molecule has 2 heterocycles. The fourth-order valence-corrected chi connectivity index (χ4v) is 2.95. The predicted octanol–water partition coefficient (Wildman–Crippen LogP) is 3.27. The third-order valence-corrected chi connectivity index (χ3v) is 4.19. The van der Waals surface area contributed by atoms with Crippen molar-refractivity contribution in [2.75, 3.05) is 5.73 Å². The number of aromatic amines is 1. The molecule has 1 aliphatic carbocycles. The van der Waals surface area contributed by atoms with E-state index in [1.807, 2.05) is 6.07 Å². The standard InChI is InChI=1S/C13H14ClN5O2/c14-13-12(15)11(10(6-16-13)19(20)21)9-5-8(17-18-9)7-3-1-2-4-7/h5-7H,1-4,15H2,(H,17,18). The molecule has 110 valence electrons. The summed E-state index contributed by atoms with van der Waals surface area (Å²) in [5.41, 5.74) is 7.40. The lowest BCUT2D eigenvalue weighted by atomic mass is 10.0. The van der Waals surface area contributed by atoms with Crippen molar-refractivity contribution in [3.63, 3.8) is 0 Å².